The maximum Gasteiger partial charge on any atom is 0.309 e. The van der Waals surface area contributed by atoms with Crippen molar-refractivity contribution in [3.8, 4) is 0 Å². The van der Waals surface area contributed by atoms with Crippen LogP contribution in [0, 0.1) is 0 Å². The molecular weight excluding hydrogens is 1020 g/mol. The zero-order valence-corrected chi connectivity index (χ0v) is 53.7. The van der Waals surface area contributed by atoms with Gasteiger partial charge in [-0.15, -0.1) is 0 Å². The lowest BCUT2D eigenvalue weighted by atomic mass is 10.0. The van der Waals surface area contributed by atoms with Gasteiger partial charge in [0.1, 0.15) is 13.2 Å². The van der Waals surface area contributed by atoms with Crippen molar-refractivity contribution in [3.63, 3.8) is 0 Å². The first-order chi connectivity index (χ1) is 41.0. The van der Waals surface area contributed by atoms with Crippen molar-refractivity contribution in [2.24, 2.45) is 0 Å². The third kappa shape index (κ3) is 67.7. The van der Waals surface area contributed by atoms with E-state index in [9.17, 15) is 14.4 Å². The minimum Gasteiger partial charge on any atom is -0.462 e. The van der Waals surface area contributed by atoms with E-state index in [-0.39, 0.29) is 38.0 Å². The van der Waals surface area contributed by atoms with E-state index in [1.165, 1.54) is 122 Å². The van der Waals surface area contributed by atoms with Crippen LogP contribution in [0.5, 0.6) is 0 Å². The second-order valence-corrected chi connectivity index (χ2v) is 22.0. The first kappa shape index (κ1) is 78.0. The van der Waals surface area contributed by atoms with Gasteiger partial charge in [-0.05, 0) is 128 Å². The first-order valence-electron chi connectivity index (χ1n) is 34.0. The second kappa shape index (κ2) is 69.5. The van der Waals surface area contributed by atoms with E-state index < -0.39 is 12.1 Å². The van der Waals surface area contributed by atoms with Crippen LogP contribution < -0.4 is 0 Å². The van der Waals surface area contributed by atoms with Gasteiger partial charge in [0.05, 0.1) is 6.42 Å². The number of unbranched alkanes of at least 4 members (excludes halogenated alkanes) is 24. The standard InChI is InChI=1S/C77H124O6/c1-4-7-10-13-16-19-22-25-28-30-32-34-36-37-38-39-41-42-44-46-49-52-55-58-61-64-67-70-76(79)82-73-74(72-81-75(78)69-66-63-60-57-54-51-48-27-24-21-18-15-12-9-6-3)83-77(80)71-68-65-62-59-56-53-50-47-45-43-40-35-33-31-29-26-23-20-17-14-11-8-5-2/h8-9,11-12,17-18,20-22,25-27,29-30,32-33,35-37,43,45,48,54,57,63,66,74H,4-7,10,13-16,19,23-24,28,31,34,38-42,44,46-47,49-53,55-56,58-62,64-65,67-73H2,1-3H3/b11-8-,12-9-,20-17-,21-18-,25-22-,29-26-,32-30-,35-33-,37-36-,45-43-,48-27-,57-54-,66-63-. The predicted octanol–water partition coefficient (Wildman–Crippen LogP) is 23.7. The van der Waals surface area contributed by atoms with Gasteiger partial charge >= 0.3 is 17.9 Å². The molecule has 0 spiro atoms. The highest BCUT2D eigenvalue weighted by atomic mass is 16.6. The fraction of sp³-hybridized carbons (Fsp3) is 0.623. The molecule has 0 saturated carbocycles. The molecule has 0 aromatic heterocycles. The van der Waals surface area contributed by atoms with Crippen LogP contribution >= 0.6 is 0 Å². The van der Waals surface area contributed by atoms with Gasteiger partial charge in [0.25, 0.3) is 0 Å². The Bertz CT molecular complexity index is 1840. The number of carbonyl (C=O) groups excluding carboxylic acids is 3. The number of rotatable bonds is 60. The van der Waals surface area contributed by atoms with Gasteiger partial charge in [-0.25, -0.2) is 0 Å². The van der Waals surface area contributed by atoms with Crippen molar-refractivity contribution in [2.45, 2.75) is 297 Å². The Morgan fingerprint density at radius 1 is 0.265 bits per heavy atom. The summed E-state index contributed by atoms with van der Waals surface area (Å²) in [5.74, 6) is -1.07. The Labute approximate surface area is 511 Å². The molecule has 0 radical (unpaired) electrons. The third-order valence-electron chi connectivity index (χ3n) is 14.0. The molecule has 468 valence electrons. The number of esters is 3. The van der Waals surface area contributed by atoms with Crippen molar-refractivity contribution in [1.82, 2.24) is 0 Å². The monoisotopic (exact) mass is 1140 g/mol. The van der Waals surface area contributed by atoms with E-state index in [2.05, 4.69) is 167 Å². The lowest BCUT2D eigenvalue weighted by Gasteiger charge is -2.18. The summed E-state index contributed by atoms with van der Waals surface area (Å²) in [6.45, 7) is 6.31. The highest BCUT2D eigenvalue weighted by molar-refractivity contribution is 5.72. The average molecular weight is 1150 g/mol. The van der Waals surface area contributed by atoms with Crippen molar-refractivity contribution in [1.29, 1.82) is 0 Å². The molecule has 0 N–H and O–H groups in total. The largest absolute Gasteiger partial charge is 0.462 e. The van der Waals surface area contributed by atoms with Gasteiger partial charge in [0, 0.05) is 12.8 Å². The Kier molecular flexibility index (Phi) is 65.4. The zero-order chi connectivity index (χ0) is 59.9. The molecular formula is C77H124O6. The fourth-order valence-corrected chi connectivity index (χ4v) is 9.02. The Morgan fingerprint density at radius 2 is 0.518 bits per heavy atom. The lowest BCUT2D eigenvalue weighted by molar-refractivity contribution is -0.166. The SMILES string of the molecule is CC/C=C\C/C=C\C/C=C\C/C=C\C/C=C\CCCCCCCCCC(=O)OC(COC(=O)C/C=C\C/C=C\C/C=C\C/C=C\C/C=C\CC)COC(=O)CCCCCCCCCCCCCC/C=C\C/C=C\C/C=C\CCCCCCC. The maximum absolute atomic E-state index is 12.9. The van der Waals surface area contributed by atoms with Crippen LogP contribution in [0.4, 0.5) is 0 Å². The van der Waals surface area contributed by atoms with Crippen LogP contribution in [0.25, 0.3) is 0 Å². The van der Waals surface area contributed by atoms with E-state index in [0.29, 0.717) is 6.42 Å². The molecule has 0 saturated heterocycles. The van der Waals surface area contributed by atoms with Gasteiger partial charge in [-0.1, -0.05) is 301 Å². The lowest BCUT2D eigenvalue weighted by Crippen LogP contribution is -2.30. The number of hydrogen-bond acceptors (Lipinski definition) is 6. The smallest absolute Gasteiger partial charge is 0.309 e. The number of carbonyl (C=O) groups is 3. The van der Waals surface area contributed by atoms with Gasteiger partial charge in [-0.3, -0.25) is 14.4 Å². The number of ether oxygens (including phenoxy) is 3. The molecule has 1 atom stereocenters. The second-order valence-electron chi connectivity index (χ2n) is 22.0. The van der Waals surface area contributed by atoms with Crippen molar-refractivity contribution >= 4 is 17.9 Å². The Hall–Kier alpha value is -4.97. The normalized spacial score (nSPS) is 13.1. The summed E-state index contributed by atoms with van der Waals surface area (Å²) in [4.78, 5) is 38.3. The van der Waals surface area contributed by atoms with E-state index in [0.717, 1.165) is 128 Å². The summed E-state index contributed by atoms with van der Waals surface area (Å²) >= 11 is 0. The Balaban J connectivity index is 4.44. The highest BCUT2D eigenvalue weighted by Crippen LogP contribution is 2.15. The van der Waals surface area contributed by atoms with Crippen LogP contribution in [-0.2, 0) is 28.6 Å². The molecule has 0 aromatic carbocycles. The summed E-state index contributed by atoms with van der Waals surface area (Å²) in [5, 5.41) is 0. The van der Waals surface area contributed by atoms with Crippen LogP contribution in [-0.4, -0.2) is 37.2 Å². The molecule has 1 unspecified atom stereocenters. The molecule has 6 nitrogen and oxygen atoms in total. The summed E-state index contributed by atoms with van der Waals surface area (Å²) in [7, 11) is 0. The van der Waals surface area contributed by atoms with Crippen LogP contribution in [0.15, 0.2) is 158 Å². The molecule has 0 bridgehead atoms. The van der Waals surface area contributed by atoms with E-state index in [1.54, 1.807) is 6.08 Å². The number of hydrogen-bond donors (Lipinski definition) is 0. The summed E-state index contributed by atoms with van der Waals surface area (Å²) in [6, 6.07) is 0. The molecule has 0 aliphatic rings. The van der Waals surface area contributed by atoms with Crippen molar-refractivity contribution in [3.05, 3.63) is 158 Å². The minimum absolute atomic E-state index is 0.118. The van der Waals surface area contributed by atoms with Crippen molar-refractivity contribution < 1.29 is 28.6 Å². The quantitative estimate of drug-likeness (QED) is 0.0261. The molecule has 83 heavy (non-hydrogen) atoms. The average Bonchev–Trinajstić information content (AvgIpc) is 3.49. The summed E-state index contributed by atoms with van der Waals surface area (Å²) in [6.07, 6.45) is 101. The van der Waals surface area contributed by atoms with Gasteiger partial charge in [0.2, 0.25) is 0 Å². The summed E-state index contributed by atoms with van der Waals surface area (Å²) in [5.41, 5.74) is 0. The van der Waals surface area contributed by atoms with E-state index >= 15 is 0 Å². The molecule has 0 aromatic rings. The molecule has 0 heterocycles. The first-order valence-corrected chi connectivity index (χ1v) is 34.0. The predicted molar refractivity (Wildman–Crippen MR) is 362 cm³/mol. The third-order valence-corrected chi connectivity index (χ3v) is 14.0. The molecule has 0 rings (SSSR count). The topological polar surface area (TPSA) is 78.9 Å². The fourth-order valence-electron chi connectivity index (χ4n) is 9.02. The van der Waals surface area contributed by atoms with E-state index in [4.69, 9.17) is 14.2 Å². The number of allylic oxidation sites excluding steroid dienone is 25. The van der Waals surface area contributed by atoms with Gasteiger partial charge in [-0.2, -0.15) is 0 Å². The molecule has 0 fully saturated rings. The summed E-state index contributed by atoms with van der Waals surface area (Å²) < 4.78 is 16.8. The van der Waals surface area contributed by atoms with Crippen LogP contribution in [0.3, 0.4) is 0 Å². The zero-order valence-electron chi connectivity index (χ0n) is 53.7. The Morgan fingerprint density at radius 3 is 0.843 bits per heavy atom. The minimum atomic E-state index is -0.834. The maximum atomic E-state index is 12.9. The van der Waals surface area contributed by atoms with Crippen LogP contribution in [0.1, 0.15) is 290 Å². The van der Waals surface area contributed by atoms with E-state index in [1.807, 2.05) is 6.08 Å². The van der Waals surface area contributed by atoms with Crippen LogP contribution in [0.2, 0.25) is 0 Å². The van der Waals surface area contributed by atoms with Crippen molar-refractivity contribution in [2.75, 3.05) is 13.2 Å². The molecule has 0 aliphatic carbocycles. The molecule has 0 amide bonds. The molecule has 6 heteroatoms. The van der Waals surface area contributed by atoms with Gasteiger partial charge in [0.15, 0.2) is 6.10 Å². The highest BCUT2D eigenvalue weighted by Gasteiger charge is 2.19. The van der Waals surface area contributed by atoms with Gasteiger partial charge < -0.3 is 14.2 Å². The molecule has 0 aliphatic heterocycles.